The average Bonchev–Trinajstić information content (AvgIpc) is 2.61. The van der Waals surface area contributed by atoms with E-state index in [1.807, 2.05) is 0 Å². The van der Waals surface area contributed by atoms with Crippen LogP contribution in [0.25, 0.3) is 0 Å². The van der Waals surface area contributed by atoms with Gasteiger partial charge in [-0.05, 0) is 42.9 Å². The van der Waals surface area contributed by atoms with E-state index in [1.165, 1.54) is 6.07 Å². The maximum atomic E-state index is 12.8. The lowest BCUT2D eigenvalue weighted by Crippen LogP contribution is -2.54. The van der Waals surface area contributed by atoms with Crippen molar-refractivity contribution in [1.82, 2.24) is 20.4 Å². The smallest absolute Gasteiger partial charge is 0.361 e. The van der Waals surface area contributed by atoms with Crippen molar-refractivity contribution in [3.05, 3.63) is 35.4 Å². The third-order valence-electron chi connectivity index (χ3n) is 4.96. The second kappa shape index (κ2) is 9.71. The molecule has 152 valence electrons. The third-order valence-corrected chi connectivity index (χ3v) is 5.24. The Morgan fingerprint density at radius 1 is 1.15 bits per heavy atom. The summed E-state index contributed by atoms with van der Waals surface area (Å²) in [6, 6.07) is 5.66. The van der Waals surface area contributed by atoms with Gasteiger partial charge in [-0.1, -0.05) is 26.0 Å². The number of rotatable bonds is 6. The summed E-state index contributed by atoms with van der Waals surface area (Å²) in [5.41, 5.74) is -0.0935. The lowest BCUT2D eigenvalue weighted by Gasteiger charge is -2.40. The van der Waals surface area contributed by atoms with Gasteiger partial charge in [-0.2, -0.15) is 13.2 Å². The zero-order chi connectivity index (χ0) is 20.0. The van der Waals surface area contributed by atoms with Crippen molar-refractivity contribution in [3.63, 3.8) is 0 Å². The molecule has 2 rings (SSSR count). The molecule has 1 atom stereocenters. The fraction of sp³-hybridized carbons (Fsp3) is 0.632. The molecule has 8 heteroatoms. The van der Waals surface area contributed by atoms with Crippen LogP contribution in [0.15, 0.2) is 24.3 Å². The highest BCUT2D eigenvalue weighted by Crippen LogP contribution is 2.29. The summed E-state index contributed by atoms with van der Waals surface area (Å²) in [7, 11) is 2.13. The van der Waals surface area contributed by atoms with Gasteiger partial charge in [0.25, 0.3) is 0 Å². The van der Waals surface area contributed by atoms with Crippen molar-refractivity contribution in [2.75, 3.05) is 39.8 Å². The topological polar surface area (TPSA) is 30.5 Å². The van der Waals surface area contributed by atoms with Gasteiger partial charge in [0.05, 0.1) is 5.56 Å². The van der Waals surface area contributed by atoms with Gasteiger partial charge in [0.15, 0.2) is 5.11 Å². The molecule has 1 fully saturated rings. The summed E-state index contributed by atoms with van der Waals surface area (Å²) >= 11 is 5.31. The van der Waals surface area contributed by atoms with E-state index in [2.05, 4.69) is 41.3 Å². The Labute approximate surface area is 165 Å². The Morgan fingerprint density at radius 2 is 1.81 bits per heavy atom. The standard InChI is InChI=1S/C19H29F3N4S/c1-14(2)17(26-9-7-25(3)8-10-26)13-24-18(27)23-12-15-5-4-6-16(11-15)19(20,21)22/h4-6,11,14,17H,7-10,12-13H2,1-3H3,(H2,23,24,27). The molecule has 2 N–H and O–H groups in total. The molecule has 1 aromatic rings. The van der Waals surface area contributed by atoms with Gasteiger partial charge in [0.2, 0.25) is 0 Å². The fourth-order valence-electron chi connectivity index (χ4n) is 3.24. The molecule has 0 radical (unpaired) electrons. The third kappa shape index (κ3) is 6.93. The number of piperazine rings is 1. The Bertz CT molecular complexity index is 613. The molecule has 0 aromatic heterocycles. The lowest BCUT2D eigenvalue weighted by molar-refractivity contribution is -0.137. The number of hydrogen-bond acceptors (Lipinski definition) is 3. The molecule has 1 saturated heterocycles. The number of halogens is 3. The van der Waals surface area contributed by atoms with Crippen LogP contribution in [0.4, 0.5) is 13.2 Å². The monoisotopic (exact) mass is 402 g/mol. The van der Waals surface area contributed by atoms with Crippen molar-refractivity contribution in [1.29, 1.82) is 0 Å². The van der Waals surface area contributed by atoms with E-state index in [-0.39, 0.29) is 6.54 Å². The fourth-order valence-corrected chi connectivity index (χ4v) is 3.40. The Morgan fingerprint density at radius 3 is 2.41 bits per heavy atom. The van der Waals surface area contributed by atoms with Crippen LogP contribution in [0.2, 0.25) is 0 Å². The van der Waals surface area contributed by atoms with Crippen LogP contribution >= 0.6 is 12.2 Å². The van der Waals surface area contributed by atoms with Crippen LogP contribution in [0.1, 0.15) is 25.0 Å². The molecule has 0 saturated carbocycles. The zero-order valence-electron chi connectivity index (χ0n) is 16.1. The minimum absolute atomic E-state index is 0.261. The minimum atomic E-state index is -4.33. The molecule has 0 bridgehead atoms. The number of thiocarbonyl (C=S) groups is 1. The summed E-state index contributed by atoms with van der Waals surface area (Å²) in [6.45, 7) is 9.56. The summed E-state index contributed by atoms with van der Waals surface area (Å²) in [5, 5.41) is 6.70. The van der Waals surface area contributed by atoms with Crippen LogP contribution in [0.3, 0.4) is 0 Å². The first-order chi connectivity index (χ1) is 12.7. The van der Waals surface area contributed by atoms with E-state index < -0.39 is 11.7 Å². The lowest BCUT2D eigenvalue weighted by atomic mass is 10.0. The molecule has 1 aliphatic heterocycles. The highest BCUT2D eigenvalue weighted by atomic mass is 32.1. The van der Waals surface area contributed by atoms with E-state index in [1.54, 1.807) is 6.07 Å². The molecule has 27 heavy (non-hydrogen) atoms. The molecular formula is C19H29F3N4S. The van der Waals surface area contributed by atoms with Crippen molar-refractivity contribution >= 4 is 17.3 Å². The number of likely N-dealkylation sites (N-methyl/N-ethyl adjacent to an activating group) is 1. The maximum absolute atomic E-state index is 12.8. The average molecular weight is 403 g/mol. The maximum Gasteiger partial charge on any atom is 0.416 e. The number of benzene rings is 1. The first-order valence-corrected chi connectivity index (χ1v) is 9.68. The van der Waals surface area contributed by atoms with Crippen LogP contribution in [0.5, 0.6) is 0 Å². The molecule has 1 heterocycles. The quantitative estimate of drug-likeness (QED) is 0.715. The van der Waals surface area contributed by atoms with Gasteiger partial charge in [0, 0.05) is 45.3 Å². The number of nitrogens with one attached hydrogen (secondary N) is 2. The second-order valence-corrected chi connectivity index (χ2v) is 7.82. The van der Waals surface area contributed by atoms with E-state index in [0.717, 1.165) is 44.9 Å². The SMILES string of the molecule is CC(C)C(CNC(=S)NCc1cccc(C(F)(F)F)c1)N1CCN(C)CC1. The first kappa shape index (κ1) is 21.9. The highest BCUT2D eigenvalue weighted by Gasteiger charge is 2.30. The predicted molar refractivity (Wildman–Crippen MR) is 107 cm³/mol. The van der Waals surface area contributed by atoms with Gasteiger partial charge in [-0.15, -0.1) is 0 Å². The second-order valence-electron chi connectivity index (χ2n) is 7.41. The van der Waals surface area contributed by atoms with Gasteiger partial charge < -0.3 is 15.5 Å². The van der Waals surface area contributed by atoms with E-state index in [9.17, 15) is 13.2 Å². The summed E-state index contributed by atoms with van der Waals surface area (Å²) in [6.07, 6.45) is -4.33. The molecule has 0 aliphatic carbocycles. The van der Waals surface area contributed by atoms with E-state index in [4.69, 9.17) is 12.2 Å². The van der Waals surface area contributed by atoms with Crippen LogP contribution in [0, 0.1) is 5.92 Å². The van der Waals surface area contributed by atoms with Crippen molar-refractivity contribution in [2.24, 2.45) is 5.92 Å². The van der Waals surface area contributed by atoms with E-state index in [0.29, 0.717) is 22.6 Å². The minimum Gasteiger partial charge on any atom is -0.361 e. The summed E-state index contributed by atoms with van der Waals surface area (Å²) in [5.74, 6) is 0.479. The Kier molecular flexibility index (Phi) is 7.88. The van der Waals surface area contributed by atoms with Gasteiger partial charge in [-0.3, -0.25) is 4.90 Å². The first-order valence-electron chi connectivity index (χ1n) is 9.27. The van der Waals surface area contributed by atoms with Crippen molar-refractivity contribution < 1.29 is 13.2 Å². The van der Waals surface area contributed by atoms with E-state index >= 15 is 0 Å². The number of nitrogens with zero attached hydrogens (tertiary/aromatic N) is 2. The summed E-state index contributed by atoms with van der Waals surface area (Å²) in [4.78, 5) is 4.80. The van der Waals surface area contributed by atoms with Crippen LogP contribution in [-0.4, -0.2) is 60.7 Å². The normalized spacial score (nSPS) is 17.7. The summed E-state index contributed by atoms with van der Waals surface area (Å²) < 4.78 is 38.4. The predicted octanol–water partition coefficient (Wildman–Crippen LogP) is 2.94. The molecule has 0 spiro atoms. The molecule has 0 amide bonds. The van der Waals surface area contributed by atoms with Crippen LogP contribution < -0.4 is 10.6 Å². The Balaban J connectivity index is 1.82. The molecule has 1 aromatic carbocycles. The highest BCUT2D eigenvalue weighted by molar-refractivity contribution is 7.80. The molecule has 1 unspecified atom stereocenters. The molecular weight excluding hydrogens is 373 g/mol. The van der Waals surface area contributed by atoms with Crippen LogP contribution in [-0.2, 0) is 12.7 Å². The van der Waals surface area contributed by atoms with Gasteiger partial charge in [-0.25, -0.2) is 0 Å². The van der Waals surface area contributed by atoms with Gasteiger partial charge >= 0.3 is 6.18 Å². The number of hydrogen-bond donors (Lipinski definition) is 2. The molecule has 1 aliphatic rings. The number of alkyl halides is 3. The largest absolute Gasteiger partial charge is 0.416 e. The molecule has 4 nitrogen and oxygen atoms in total. The zero-order valence-corrected chi connectivity index (χ0v) is 17.0. The van der Waals surface area contributed by atoms with Crippen molar-refractivity contribution in [2.45, 2.75) is 32.6 Å². The van der Waals surface area contributed by atoms with Crippen molar-refractivity contribution in [3.8, 4) is 0 Å². The Hall–Kier alpha value is -1.38. The van der Waals surface area contributed by atoms with Gasteiger partial charge in [0.1, 0.15) is 0 Å².